The van der Waals surface area contributed by atoms with Crippen LogP contribution in [-0.2, 0) is 9.47 Å². The van der Waals surface area contributed by atoms with Crippen molar-refractivity contribution >= 4 is 6.09 Å². The Morgan fingerprint density at radius 1 is 1.25 bits per heavy atom. The minimum Gasteiger partial charge on any atom is -0.443 e. The smallest absolute Gasteiger partial charge is 0.410 e. The molecule has 3 aliphatic rings. The topological polar surface area (TPSA) is 38.8 Å². The van der Waals surface area contributed by atoms with E-state index in [0.29, 0.717) is 25.0 Å². The lowest BCUT2D eigenvalue weighted by atomic mass is 9.79. The van der Waals surface area contributed by atoms with E-state index in [2.05, 4.69) is 20.8 Å². The van der Waals surface area contributed by atoms with E-state index in [9.17, 15) is 4.79 Å². The van der Waals surface area contributed by atoms with E-state index in [4.69, 9.17) is 9.47 Å². The van der Waals surface area contributed by atoms with Crippen LogP contribution in [-0.4, -0.2) is 41.9 Å². The first kappa shape index (κ1) is 14.2. The number of hydrogen-bond acceptors (Lipinski definition) is 3. The van der Waals surface area contributed by atoms with Crippen LogP contribution in [0, 0.1) is 11.8 Å². The van der Waals surface area contributed by atoms with Crippen molar-refractivity contribution in [3.63, 3.8) is 0 Å². The molecule has 0 spiro atoms. The molecule has 3 fully saturated rings. The molecule has 4 nitrogen and oxygen atoms in total. The van der Waals surface area contributed by atoms with Crippen molar-refractivity contribution in [2.75, 3.05) is 13.2 Å². The Morgan fingerprint density at radius 2 is 1.85 bits per heavy atom. The van der Waals surface area contributed by atoms with Crippen LogP contribution in [0.15, 0.2) is 0 Å². The van der Waals surface area contributed by atoms with Gasteiger partial charge in [0.2, 0.25) is 0 Å². The highest BCUT2D eigenvalue weighted by molar-refractivity contribution is 5.69. The van der Waals surface area contributed by atoms with Crippen LogP contribution >= 0.6 is 0 Å². The molecule has 0 aromatic heterocycles. The first-order valence-electron chi connectivity index (χ1n) is 8.07. The van der Waals surface area contributed by atoms with Gasteiger partial charge in [0, 0.05) is 0 Å². The standard InChI is InChI=1S/C16H27NO3/c1-11(2)12-7-13-9-19-10-14(8-12)17(13)15(18)20-16(3)5-4-6-16/h11-14H,4-10H2,1-3H3. The zero-order chi connectivity index (χ0) is 14.3. The van der Waals surface area contributed by atoms with E-state index in [1.165, 1.54) is 6.42 Å². The monoisotopic (exact) mass is 281 g/mol. The van der Waals surface area contributed by atoms with E-state index >= 15 is 0 Å². The number of fused-ring (bicyclic) bond motifs is 2. The lowest BCUT2D eigenvalue weighted by molar-refractivity contribution is -0.110. The van der Waals surface area contributed by atoms with Gasteiger partial charge in [-0.25, -0.2) is 4.79 Å². The number of hydrogen-bond donors (Lipinski definition) is 0. The molecule has 2 atom stereocenters. The van der Waals surface area contributed by atoms with Gasteiger partial charge in [-0.2, -0.15) is 0 Å². The van der Waals surface area contributed by atoms with Crippen molar-refractivity contribution in [1.29, 1.82) is 0 Å². The fourth-order valence-corrected chi connectivity index (χ4v) is 3.84. The number of ether oxygens (including phenoxy) is 2. The molecule has 0 radical (unpaired) electrons. The third-order valence-corrected chi connectivity index (χ3v) is 5.46. The van der Waals surface area contributed by atoms with E-state index in [-0.39, 0.29) is 23.8 Å². The molecule has 0 N–H and O–H groups in total. The number of nitrogens with zero attached hydrogens (tertiary/aromatic N) is 1. The van der Waals surface area contributed by atoms with Crippen molar-refractivity contribution in [3.8, 4) is 0 Å². The van der Waals surface area contributed by atoms with Crippen molar-refractivity contribution in [2.24, 2.45) is 11.8 Å². The number of morpholine rings is 1. The SMILES string of the molecule is CC(C)C1CC2COCC(C1)N2C(=O)OC1(C)CCC1. The van der Waals surface area contributed by atoms with E-state index in [1.54, 1.807) is 0 Å². The average Bonchev–Trinajstić information content (AvgIpc) is 2.35. The van der Waals surface area contributed by atoms with Gasteiger partial charge in [-0.3, -0.25) is 4.90 Å². The predicted molar refractivity (Wildman–Crippen MR) is 76.5 cm³/mol. The van der Waals surface area contributed by atoms with Crippen LogP contribution in [0.2, 0.25) is 0 Å². The summed E-state index contributed by atoms with van der Waals surface area (Å²) in [5.41, 5.74) is -0.207. The summed E-state index contributed by atoms with van der Waals surface area (Å²) in [5, 5.41) is 0. The Bertz CT molecular complexity index is 364. The Balaban J connectivity index is 1.68. The molecule has 114 valence electrons. The van der Waals surface area contributed by atoms with Gasteiger partial charge in [0.15, 0.2) is 0 Å². The molecule has 1 amide bonds. The fourth-order valence-electron chi connectivity index (χ4n) is 3.84. The number of piperidine rings is 1. The highest BCUT2D eigenvalue weighted by atomic mass is 16.6. The summed E-state index contributed by atoms with van der Waals surface area (Å²) in [6.07, 6.45) is 5.20. The van der Waals surface area contributed by atoms with Gasteiger partial charge in [0.25, 0.3) is 0 Å². The molecule has 2 unspecified atom stereocenters. The molecule has 2 saturated heterocycles. The Hall–Kier alpha value is -0.770. The van der Waals surface area contributed by atoms with Crippen LogP contribution < -0.4 is 0 Å². The van der Waals surface area contributed by atoms with E-state index in [0.717, 1.165) is 25.7 Å². The summed E-state index contributed by atoms with van der Waals surface area (Å²) in [6.45, 7) is 7.97. The normalized spacial score (nSPS) is 35.6. The minimum atomic E-state index is -0.207. The number of carbonyl (C=O) groups excluding carboxylic acids is 1. The zero-order valence-corrected chi connectivity index (χ0v) is 12.9. The number of amides is 1. The van der Waals surface area contributed by atoms with Crippen molar-refractivity contribution in [1.82, 2.24) is 4.90 Å². The second-order valence-corrected chi connectivity index (χ2v) is 7.40. The summed E-state index contributed by atoms with van der Waals surface area (Å²) in [6, 6.07) is 0.428. The molecule has 2 aliphatic heterocycles. The van der Waals surface area contributed by atoms with E-state index in [1.807, 2.05) is 4.90 Å². The fraction of sp³-hybridized carbons (Fsp3) is 0.938. The first-order valence-corrected chi connectivity index (χ1v) is 8.07. The summed E-state index contributed by atoms with van der Waals surface area (Å²) in [5.74, 6) is 1.39. The van der Waals surface area contributed by atoms with Gasteiger partial charge in [-0.05, 0) is 50.9 Å². The maximum Gasteiger partial charge on any atom is 0.410 e. The molecular formula is C16H27NO3. The first-order chi connectivity index (χ1) is 9.48. The van der Waals surface area contributed by atoms with Crippen molar-refractivity contribution in [3.05, 3.63) is 0 Å². The summed E-state index contributed by atoms with van der Waals surface area (Å²) >= 11 is 0. The highest BCUT2D eigenvalue weighted by Crippen LogP contribution is 2.39. The van der Waals surface area contributed by atoms with E-state index < -0.39 is 0 Å². The number of carbonyl (C=O) groups is 1. The molecule has 4 heteroatoms. The van der Waals surface area contributed by atoms with Gasteiger partial charge < -0.3 is 9.47 Å². The van der Waals surface area contributed by atoms with Crippen molar-refractivity contribution < 1.29 is 14.3 Å². The molecule has 0 aromatic carbocycles. The molecule has 20 heavy (non-hydrogen) atoms. The van der Waals surface area contributed by atoms with Crippen molar-refractivity contribution in [2.45, 2.75) is 70.6 Å². The maximum atomic E-state index is 12.5. The van der Waals surface area contributed by atoms with Gasteiger partial charge in [0.05, 0.1) is 25.3 Å². The highest BCUT2D eigenvalue weighted by Gasteiger charge is 2.45. The molecule has 2 heterocycles. The lowest BCUT2D eigenvalue weighted by Gasteiger charge is -2.50. The van der Waals surface area contributed by atoms with Crippen LogP contribution in [0.25, 0.3) is 0 Å². The van der Waals surface area contributed by atoms with Gasteiger partial charge in [-0.15, -0.1) is 0 Å². The van der Waals surface area contributed by atoms with Gasteiger partial charge >= 0.3 is 6.09 Å². The second-order valence-electron chi connectivity index (χ2n) is 7.40. The molecule has 2 bridgehead atoms. The van der Waals surface area contributed by atoms with Gasteiger partial charge in [0.1, 0.15) is 5.60 Å². The van der Waals surface area contributed by atoms with Crippen LogP contribution in [0.1, 0.15) is 52.9 Å². The molecule has 3 rings (SSSR count). The lowest BCUT2D eigenvalue weighted by Crippen LogP contribution is -2.60. The van der Waals surface area contributed by atoms with Gasteiger partial charge in [-0.1, -0.05) is 13.8 Å². The van der Waals surface area contributed by atoms with Crippen LogP contribution in [0.5, 0.6) is 0 Å². The molecular weight excluding hydrogens is 254 g/mol. The largest absolute Gasteiger partial charge is 0.443 e. The van der Waals surface area contributed by atoms with Crippen LogP contribution in [0.3, 0.4) is 0 Å². The summed E-state index contributed by atoms with van der Waals surface area (Å²) < 4.78 is 11.4. The maximum absolute atomic E-state index is 12.5. The molecule has 0 aromatic rings. The minimum absolute atomic E-state index is 0.104. The predicted octanol–water partition coefficient (Wildman–Crippen LogP) is 3.20. The Morgan fingerprint density at radius 3 is 2.30 bits per heavy atom. The third-order valence-electron chi connectivity index (χ3n) is 5.46. The third kappa shape index (κ3) is 2.54. The summed E-state index contributed by atoms with van der Waals surface area (Å²) in [4.78, 5) is 14.5. The summed E-state index contributed by atoms with van der Waals surface area (Å²) in [7, 11) is 0. The molecule has 1 saturated carbocycles. The number of rotatable bonds is 2. The van der Waals surface area contributed by atoms with Crippen LogP contribution in [0.4, 0.5) is 4.79 Å². The quantitative estimate of drug-likeness (QED) is 0.780. The second kappa shape index (κ2) is 5.21. The molecule has 1 aliphatic carbocycles. The zero-order valence-electron chi connectivity index (χ0n) is 12.9. The Labute approximate surface area is 121 Å². The Kier molecular flexibility index (Phi) is 3.69. The average molecular weight is 281 g/mol.